The molecule has 3 aromatic rings. The fourth-order valence-electron chi connectivity index (χ4n) is 4.45. The molecule has 4 rings (SSSR count). The molecule has 0 aromatic carbocycles. The second-order valence-corrected chi connectivity index (χ2v) is 7.69. The number of aromatic nitrogens is 4. The van der Waals surface area contributed by atoms with Crippen LogP contribution in [0.1, 0.15) is 58.6 Å². The number of nitrogens with zero attached hydrogens (tertiary/aromatic N) is 5. The summed E-state index contributed by atoms with van der Waals surface area (Å²) in [4.78, 5) is 23.7. The number of hydrogen-bond acceptors (Lipinski definition) is 4. The van der Waals surface area contributed by atoms with Gasteiger partial charge in [-0.1, -0.05) is 6.42 Å². The van der Waals surface area contributed by atoms with Crippen LogP contribution in [0.2, 0.25) is 0 Å². The van der Waals surface area contributed by atoms with Gasteiger partial charge in [0.05, 0.1) is 17.9 Å². The molecule has 0 bridgehead atoms. The number of hydrogen-bond donors (Lipinski definition) is 1. The predicted molar refractivity (Wildman–Crippen MR) is 108 cm³/mol. The van der Waals surface area contributed by atoms with E-state index in [0.717, 1.165) is 42.4 Å². The van der Waals surface area contributed by atoms with E-state index in [1.165, 1.54) is 18.5 Å². The first-order valence-corrected chi connectivity index (χ1v) is 9.92. The van der Waals surface area contributed by atoms with E-state index in [4.69, 9.17) is 0 Å². The van der Waals surface area contributed by atoms with Crippen molar-refractivity contribution in [3.05, 3.63) is 52.9 Å². The van der Waals surface area contributed by atoms with Gasteiger partial charge in [0.2, 0.25) is 5.78 Å². The van der Waals surface area contributed by atoms with Gasteiger partial charge in [-0.3, -0.25) is 14.1 Å². The highest BCUT2D eigenvalue weighted by atomic mass is 16.1. The molecule has 28 heavy (non-hydrogen) atoms. The van der Waals surface area contributed by atoms with Crippen molar-refractivity contribution in [1.82, 2.24) is 29.2 Å². The summed E-state index contributed by atoms with van der Waals surface area (Å²) in [6.07, 6.45) is 5.43. The highest BCUT2D eigenvalue weighted by Gasteiger charge is 2.28. The number of fused-ring (bicyclic) bond motifs is 1. The molecule has 0 spiro atoms. The zero-order chi connectivity index (χ0) is 19.8. The molecule has 1 aliphatic rings. The fraction of sp³-hybridized carbons (Fsp3) is 0.476. The third-order valence-corrected chi connectivity index (χ3v) is 5.80. The Kier molecular flexibility index (Phi) is 4.93. The Morgan fingerprint density at radius 1 is 1.29 bits per heavy atom. The molecule has 1 N–H and O–H groups in total. The summed E-state index contributed by atoms with van der Waals surface area (Å²) in [5, 5.41) is 2.72. The fourth-order valence-corrected chi connectivity index (χ4v) is 4.45. The molecule has 4 heterocycles. The highest BCUT2D eigenvalue weighted by Crippen LogP contribution is 2.33. The third-order valence-electron chi connectivity index (χ3n) is 5.80. The van der Waals surface area contributed by atoms with Crippen LogP contribution in [0.5, 0.6) is 0 Å². The molecule has 148 valence electrons. The SMILES string of the molecule is CNC(=O)c1ccc([C@H]2CCCCN2Cc2cnc3nc(C)cc(C)n23)n1C. The number of aryl methyl sites for hydroxylation is 2. The van der Waals surface area contributed by atoms with Crippen molar-refractivity contribution in [1.29, 1.82) is 0 Å². The first kappa shape index (κ1) is 18.7. The second-order valence-electron chi connectivity index (χ2n) is 7.69. The van der Waals surface area contributed by atoms with E-state index in [0.29, 0.717) is 11.7 Å². The highest BCUT2D eigenvalue weighted by molar-refractivity contribution is 5.92. The van der Waals surface area contributed by atoms with E-state index >= 15 is 0 Å². The first-order valence-electron chi connectivity index (χ1n) is 9.92. The zero-order valence-corrected chi connectivity index (χ0v) is 17.1. The lowest BCUT2D eigenvalue weighted by Gasteiger charge is -2.36. The average Bonchev–Trinajstić information content (AvgIpc) is 3.25. The van der Waals surface area contributed by atoms with Crippen LogP contribution in [-0.4, -0.2) is 43.3 Å². The van der Waals surface area contributed by atoms with Crippen LogP contribution >= 0.6 is 0 Å². The molecule has 3 aromatic heterocycles. The number of likely N-dealkylation sites (tertiary alicyclic amines) is 1. The molecule has 1 atom stereocenters. The minimum Gasteiger partial charge on any atom is -0.354 e. The number of piperidine rings is 1. The molecule has 1 fully saturated rings. The molecule has 0 unspecified atom stereocenters. The Labute approximate surface area is 165 Å². The van der Waals surface area contributed by atoms with E-state index in [2.05, 4.69) is 43.6 Å². The smallest absolute Gasteiger partial charge is 0.267 e. The van der Waals surface area contributed by atoms with Gasteiger partial charge < -0.3 is 9.88 Å². The Hall–Kier alpha value is -2.67. The van der Waals surface area contributed by atoms with Crippen LogP contribution in [0.25, 0.3) is 5.78 Å². The molecular weight excluding hydrogens is 352 g/mol. The number of carbonyl (C=O) groups is 1. The topological polar surface area (TPSA) is 67.5 Å². The Balaban J connectivity index is 1.66. The molecule has 0 aliphatic carbocycles. The largest absolute Gasteiger partial charge is 0.354 e. The third kappa shape index (κ3) is 3.20. The van der Waals surface area contributed by atoms with E-state index in [9.17, 15) is 4.79 Å². The van der Waals surface area contributed by atoms with Gasteiger partial charge in [-0.05, 0) is 51.4 Å². The molecule has 0 saturated carbocycles. The minimum atomic E-state index is -0.0463. The summed E-state index contributed by atoms with van der Waals surface area (Å²) >= 11 is 0. The molecule has 1 amide bonds. The summed E-state index contributed by atoms with van der Waals surface area (Å²) in [6, 6.07) is 6.41. The first-order chi connectivity index (χ1) is 13.5. The predicted octanol–water partition coefficient (Wildman–Crippen LogP) is 2.77. The van der Waals surface area contributed by atoms with Gasteiger partial charge in [-0.25, -0.2) is 9.97 Å². The molecule has 1 aliphatic heterocycles. The van der Waals surface area contributed by atoms with Gasteiger partial charge in [-0.2, -0.15) is 0 Å². The molecule has 7 heteroatoms. The van der Waals surface area contributed by atoms with Gasteiger partial charge in [0.25, 0.3) is 5.91 Å². The number of rotatable bonds is 4. The average molecular weight is 380 g/mol. The van der Waals surface area contributed by atoms with Gasteiger partial charge in [-0.15, -0.1) is 0 Å². The lowest BCUT2D eigenvalue weighted by molar-refractivity contribution is 0.0952. The van der Waals surface area contributed by atoms with Crippen LogP contribution in [0.3, 0.4) is 0 Å². The monoisotopic (exact) mass is 380 g/mol. The van der Waals surface area contributed by atoms with Crippen LogP contribution in [0.4, 0.5) is 0 Å². The molecular formula is C21H28N6O. The quantitative estimate of drug-likeness (QED) is 0.756. The Morgan fingerprint density at radius 2 is 2.11 bits per heavy atom. The number of amides is 1. The second kappa shape index (κ2) is 7.39. The van der Waals surface area contributed by atoms with E-state index in [1.54, 1.807) is 7.05 Å². The van der Waals surface area contributed by atoms with Crippen molar-refractivity contribution in [2.24, 2.45) is 7.05 Å². The number of imidazole rings is 1. The number of carbonyl (C=O) groups excluding carboxylic acids is 1. The lowest BCUT2D eigenvalue weighted by atomic mass is 9.99. The standard InChI is InChI=1S/C21H28N6O/c1-14-11-15(2)27-16(12-23-21(27)24-14)13-26-10-6-5-7-18(26)17-8-9-19(25(17)4)20(28)22-3/h8-9,11-12,18H,5-7,10,13H2,1-4H3,(H,22,28)/t18-/m1/s1. The van der Waals surface area contributed by atoms with Crippen LogP contribution < -0.4 is 5.32 Å². The van der Waals surface area contributed by atoms with Crippen LogP contribution in [0.15, 0.2) is 24.4 Å². The van der Waals surface area contributed by atoms with Crippen LogP contribution in [-0.2, 0) is 13.6 Å². The zero-order valence-electron chi connectivity index (χ0n) is 17.1. The molecule has 7 nitrogen and oxygen atoms in total. The maximum Gasteiger partial charge on any atom is 0.267 e. The minimum absolute atomic E-state index is 0.0463. The van der Waals surface area contributed by atoms with Crippen molar-refractivity contribution in [2.45, 2.75) is 45.7 Å². The Bertz CT molecular complexity index is 1020. The lowest BCUT2D eigenvalue weighted by Crippen LogP contribution is -2.34. The van der Waals surface area contributed by atoms with E-state index in [-0.39, 0.29) is 5.91 Å². The maximum absolute atomic E-state index is 12.1. The Morgan fingerprint density at radius 3 is 2.89 bits per heavy atom. The van der Waals surface area contributed by atoms with Crippen LogP contribution in [0, 0.1) is 13.8 Å². The van der Waals surface area contributed by atoms with Gasteiger partial charge >= 0.3 is 0 Å². The van der Waals surface area contributed by atoms with Crippen molar-refractivity contribution in [3.63, 3.8) is 0 Å². The summed E-state index contributed by atoms with van der Waals surface area (Å²) in [5.41, 5.74) is 5.20. The molecule has 0 radical (unpaired) electrons. The summed E-state index contributed by atoms with van der Waals surface area (Å²) in [5.74, 6) is 0.719. The van der Waals surface area contributed by atoms with Crippen molar-refractivity contribution >= 4 is 11.7 Å². The van der Waals surface area contributed by atoms with Gasteiger partial charge in [0, 0.05) is 37.7 Å². The summed E-state index contributed by atoms with van der Waals surface area (Å²) < 4.78 is 4.19. The van der Waals surface area contributed by atoms with Gasteiger partial charge in [0.1, 0.15) is 5.69 Å². The normalized spacial score (nSPS) is 17.9. The van der Waals surface area contributed by atoms with E-state index in [1.807, 2.05) is 30.8 Å². The summed E-state index contributed by atoms with van der Waals surface area (Å²) in [6.45, 7) is 5.96. The summed E-state index contributed by atoms with van der Waals surface area (Å²) in [7, 11) is 3.66. The van der Waals surface area contributed by atoms with Gasteiger partial charge in [0.15, 0.2) is 0 Å². The van der Waals surface area contributed by atoms with E-state index < -0.39 is 0 Å². The van der Waals surface area contributed by atoms with Crippen molar-refractivity contribution < 1.29 is 4.79 Å². The molecule has 1 saturated heterocycles. The van der Waals surface area contributed by atoms with Crippen molar-refractivity contribution in [2.75, 3.05) is 13.6 Å². The maximum atomic E-state index is 12.1. The number of nitrogens with one attached hydrogen (secondary N) is 1. The van der Waals surface area contributed by atoms with Crippen molar-refractivity contribution in [3.8, 4) is 0 Å².